The molecular formula is C20H12FN3O3S. The molecule has 0 radical (unpaired) electrons. The maximum Gasteiger partial charge on any atom is 0.297 e. The van der Waals surface area contributed by atoms with Crippen LogP contribution < -0.4 is 10.3 Å². The number of hydrogen-bond acceptors (Lipinski definition) is 6. The van der Waals surface area contributed by atoms with Crippen LogP contribution in [0.25, 0.3) is 11.0 Å². The quantitative estimate of drug-likeness (QED) is 0.517. The smallest absolute Gasteiger partial charge is 0.297 e. The third kappa shape index (κ3) is 2.38. The summed E-state index contributed by atoms with van der Waals surface area (Å²) in [6.45, 7) is 1.95. The minimum Gasteiger partial charge on any atom is -0.450 e. The molecule has 4 aromatic rings. The zero-order valence-electron chi connectivity index (χ0n) is 14.5. The number of fused-ring (bicyclic) bond motifs is 2. The highest BCUT2D eigenvalue weighted by Gasteiger charge is 2.44. The molecule has 3 heterocycles. The van der Waals surface area contributed by atoms with Crippen molar-refractivity contribution in [2.24, 2.45) is 0 Å². The molecule has 1 aliphatic heterocycles. The first-order chi connectivity index (χ1) is 13.5. The second-order valence-corrected chi connectivity index (χ2v) is 7.34. The van der Waals surface area contributed by atoms with E-state index in [0.717, 1.165) is 17.2 Å². The zero-order chi connectivity index (χ0) is 19.4. The minimum absolute atomic E-state index is 0.0510. The topological polar surface area (TPSA) is 76.3 Å². The van der Waals surface area contributed by atoms with Gasteiger partial charge in [-0.1, -0.05) is 41.2 Å². The Morgan fingerprint density at radius 3 is 2.64 bits per heavy atom. The summed E-state index contributed by atoms with van der Waals surface area (Å²) in [6.07, 6.45) is 0. The Kier molecular flexibility index (Phi) is 3.63. The summed E-state index contributed by atoms with van der Waals surface area (Å²) in [6, 6.07) is 10.5. The number of aromatic nitrogens is 2. The van der Waals surface area contributed by atoms with E-state index in [9.17, 15) is 14.0 Å². The minimum atomic E-state index is -0.722. The molecule has 1 atom stereocenters. The van der Waals surface area contributed by atoms with Crippen LogP contribution in [0.5, 0.6) is 0 Å². The Hall–Kier alpha value is -3.39. The van der Waals surface area contributed by atoms with Crippen LogP contribution in [0.3, 0.4) is 0 Å². The molecule has 28 heavy (non-hydrogen) atoms. The molecule has 2 aromatic heterocycles. The molecule has 6 nitrogen and oxygen atoms in total. The summed E-state index contributed by atoms with van der Waals surface area (Å²) in [5, 5.41) is 8.28. The van der Waals surface area contributed by atoms with E-state index in [0.29, 0.717) is 5.13 Å². The van der Waals surface area contributed by atoms with E-state index in [1.54, 1.807) is 0 Å². The molecule has 1 amide bonds. The Balaban J connectivity index is 1.83. The summed E-state index contributed by atoms with van der Waals surface area (Å²) >= 11 is 1.19. The molecule has 1 aliphatic rings. The van der Waals surface area contributed by atoms with E-state index in [-0.39, 0.29) is 22.3 Å². The summed E-state index contributed by atoms with van der Waals surface area (Å²) in [5.41, 5.74) is 3.21. The third-order valence-corrected chi connectivity index (χ3v) is 5.47. The first-order valence-corrected chi connectivity index (χ1v) is 9.35. The lowest BCUT2D eigenvalue weighted by atomic mass is 9.98. The fourth-order valence-corrected chi connectivity index (χ4v) is 4.06. The van der Waals surface area contributed by atoms with Gasteiger partial charge in [-0.05, 0) is 30.7 Å². The first kappa shape index (κ1) is 16.8. The van der Waals surface area contributed by atoms with Crippen molar-refractivity contribution >= 4 is 33.3 Å². The number of aryl methyl sites for hydroxylation is 1. The molecule has 0 fully saturated rings. The highest BCUT2D eigenvalue weighted by atomic mass is 32.1. The second-order valence-electron chi connectivity index (χ2n) is 6.52. The average Bonchev–Trinajstić information content (AvgIpc) is 3.30. The second kappa shape index (κ2) is 6.07. The van der Waals surface area contributed by atoms with E-state index < -0.39 is 23.2 Å². The first-order valence-electron chi connectivity index (χ1n) is 8.47. The van der Waals surface area contributed by atoms with Crippen molar-refractivity contribution in [2.45, 2.75) is 13.0 Å². The average molecular weight is 393 g/mol. The van der Waals surface area contributed by atoms with Crippen LogP contribution in [0.15, 0.2) is 57.2 Å². The van der Waals surface area contributed by atoms with Gasteiger partial charge in [0.15, 0.2) is 5.43 Å². The van der Waals surface area contributed by atoms with Crippen LogP contribution in [-0.2, 0) is 0 Å². The molecule has 0 spiro atoms. The van der Waals surface area contributed by atoms with Gasteiger partial charge < -0.3 is 4.42 Å². The van der Waals surface area contributed by atoms with Crippen LogP contribution in [0.1, 0.15) is 33.3 Å². The van der Waals surface area contributed by atoms with Gasteiger partial charge in [0.05, 0.1) is 17.0 Å². The number of anilines is 1. The molecule has 8 heteroatoms. The van der Waals surface area contributed by atoms with E-state index in [2.05, 4.69) is 10.2 Å². The molecule has 0 saturated carbocycles. The van der Waals surface area contributed by atoms with E-state index in [1.807, 2.05) is 31.2 Å². The van der Waals surface area contributed by atoms with Crippen LogP contribution >= 0.6 is 11.3 Å². The van der Waals surface area contributed by atoms with E-state index in [1.165, 1.54) is 33.9 Å². The number of rotatable bonds is 2. The Labute approximate surface area is 161 Å². The normalized spacial score (nSPS) is 16.0. The molecule has 0 aliphatic carbocycles. The van der Waals surface area contributed by atoms with Crippen LogP contribution in [0.2, 0.25) is 0 Å². The fourth-order valence-electron chi connectivity index (χ4n) is 3.48. The zero-order valence-corrected chi connectivity index (χ0v) is 15.4. The van der Waals surface area contributed by atoms with E-state index >= 15 is 0 Å². The maximum absolute atomic E-state index is 13.7. The monoisotopic (exact) mass is 393 g/mol. The maximum atomic E-state index is 13.7. The number of hydrogen-bond donors (Lipinski definition) is 0. The molecular weight excluding hydrogens is 381 g/mol. The van der Waals surface area contributed by atoms with Gasteiger partial charge in [0, 0.05) is 0 Å². The summed E-state index contributed by atoms with van der Waals surface area (Å²) in [4.78, 5) is 27.8. The predicted molar refractivity (Wildman–Crippen MR) is 102 cm³/mol. The molecule has 5 rings (SSSR count). The number of amides is 1. The summed E-state index contributed by atoms with van der Waals surface area (Å²) < 4.78 is 19.5. The highest BCUT2D eigenvalue weighted by molar-refractivity contribution is 7.13. The standard InChI is InChI=1S/C20H12FN3O3S/c1-10-2-4-11(5-3-10)16-15-17(25)13-8-12(21)6-7-14(13)27-18(15)19(26)24(16)20-23-22-9-28-20/h2-9,16H,1H3. The number of carbonyl (C=O) groups is 1. The molecule has 0 N–H and O–H groups in total. The lowest BCUT2D eigenvalue weighted by Gasteiger charge is -2.22. The molecule has 2 aromatic carbocycles. The van der Waals surface area contributed by atoms with Gasteiger partial charge in [-0.25, -0.2) is 4.39 Å². The Bertz CT molecular complexity index is 1280. The fraction of sp³-hybridized carbons (Fsp3) is 0.100. The number of benzene rings is 2. The van der Waals surface area contributed by atoms with Gasteiger partial charge in [0.25, 0.3) is 5.91 Å². The van der Waals surface area contributed by atoms with Gasteiger partial charge in [0.2, 0.25) is 10.9 Å². The molecule has 0 saturated heterocycles. The Morgan fingerprint density at radius 2 is 1.93 bits per heavy atom. The van der Waals surface area contributed by atoms with Crippen molar-refractivity contribution in [1.29, 1.82) is 0 Å². The number of carbonyl (C=O) groups excluding carboxylic acids is 1. The van der Waals surface area contributed by atoms with Crippen molar-refractivity contribution in [2.75, 3.05) is 4.90 Å². The lowest BCUT2D eigenvalue weighted by Crippen LogP contribution is -2.29. The largest absolute Gasteiger partial charge is 0.450 e. The SMILES string of the molecule is Cc1ccc(C2c3c(oc4ccc(F)cc4c3=O)C(=O)N2c2nncs2)cc1. The lowest BCUT2D eigenvalue weighted by molar-refractivity contribution is 0.0970. The van der Waals surface area contributed by atoms with Crippen LogP contribution in [0.4, 0.5) is 9.52 Å². The van der Waals surface area contributed by atoms with Gasteiger partial charge in [-0.2, -0.15) is 0 Å². The van der Waals surface area contributed by atoms with Gasteiger partial charge in [-0.3, -0.25) is 14.5 Å². The number of nitrogens with zero attached hydrogens (tertiary/aromatic N) is 3. The molecule has 1 unspecified atom stereocenters. The van der Waals surface area contributed by atoms with Crippen molar-refractivity contribution < 1.29 is 13.6 Å². The van der Waals surface area contributed by atoms with Crippen LogP contribution in [0, 0.1) is 12.7 Å². The van der Waals surface area contributed by atoms with Crippen molar-refractivity contribution in [3.8, 4) is 0 Å². The van der Waals surface area contributed by atoms with Gasteiger partial charge >= 0.3 is 0 Å². The van der Waals surface area contributed by atoms with Crippen molar-refractivity contribution in [3.05, 3.63) is 86.5 Å². The summed E-state index contributed by atoms with van der Waals surface area (Å²) in [7, 11) is 0. The third-order valence-electron chi connectivity index (χ3n) is 4.78. The van der Waals surface area contributed by atoms with Crippen molar-refractivity contribution in [1.82, 2.24) is 10.2 Å². The Morgan fingerprint density at radius 1 is 1.14 bits per heavy atom. The van der Waals surface area contributed by atoms with E-state index in [4.69, 9.17) is 4.42 Å². The number of halogens is 1. The predicted octanol–water partition coefficient (Wildman–Crippen LogP) is 3.84. The molecule has 0 bridgehead atoms. The van der Waals surface area contributed by atoms with Crippen LogP contribution in [-0.4, -0.2) is 16.1 Å². The van der Waals surface area contributed by atoms with Gasteiger partial charge in [0.1, 0.15) is 16.9 Å². The highest BCUT2D eigenvalue weighted by Crippen LogP contribution is 2.41. The van der Waals surface area contributed by atoms with Gasteiger partial charge in [-0.15, -0.1) is 10.2 Å². The van der Waals surface area contributed by atoms with Crippen molar-refractivity contribution in [3.63, 3.8) is 0 Å². The molecule has 138 valence electrons. The summed E-state index contributed by atoms with van der Waals surface area (Å²) in [5.74, 6) is -1.07.